The molecule has 0 unspecified atom stereocenters. The molecular formula is C12H21ClN4O2S. The molecule has 1 heterocycles. The van der Waals surface area contributed by atoms with Crippen molar-refractivity contribution in [3.05, 3.63) is 23.4 Å². The van der Waals surface area contributed by atoms with Gasteiger partial charge in [-0.3, -0.25) is 4.72 Å². The van der Waals surface area contributed by atoms with Gasteiger partial charge in [-0.05, 0) is 38.1 Å². The average Bonchev–Trinajstić information content (AvgIpc) is 2.40. The maximum Gasteiger partial charge on any atom is 0.302 e. The quantitative estimate of drug-likeness (QED) is 0.679. The van der Waals surface area contributed by atoms with Gasteiger partial charge in [0.1, 0.15) is 0 Å². The van der Waals surface area contributed by atoms with Crippen LogP contribution in [0.1, 0.15) is 19.8 Å². The molecule has 1 aromatic rings. The number of rotatable bonds is 9. The number of pyridine rings is 1. The molecular weight excluding hydrogens is 300 g/mol. The second kappa shape index (κ2) is 8.41. The number of hydrogen-bond donors (Lipinski definition) is 2. The minimum atomic E-state index is -3.62. The van der Waals surface area contributed by atoms with Crippen molar-refractivity contribution in [3.8, 4) is 0 Å². The van der Waals surface area contributed by atoms with E-state index in [0.717, 1.165) is 25.9 Å². The van der Waals surface area contributed by atoms with Gasteiger partial charge in [0.2, 0.25) is 0 Å². The van der Waals surface area contributed by atoms with Crippen molar-refractivity contribution in [1.29, 1.82) is 0 Å². The van der Waals surface area contributed by atoms with Crippen LogP contribution < -0.4 is 10.0 Å². The van der Waals surface area contributed by atoms with Gasteiger partial charge >= 0.3 is 10.2 Å². The van der Waals surface area contributed by atoms with Gasteiger partial charge in [0, 0.05) is 19.8 Å². The predicted molar refractivity (Wildman–Crippen MR) is 82.2 cm³/mol. The normalized spacial score (nSPS) is 11.8. The Morgan fingerprint density at radius 2 is 2.15 bits per heavy atom. The van der Waals surface area contributed by atoms with Gasteiger partial charge in [0.15, 0.2) is 5.82 Å². The summed E-state index contributed by atoms with van der Waals surface area (Å²) in [6.07, 6.45) is 3.29. The molecule has 20 heavy (non-hydrogen) atoms. The van der Waals surface area contributed by atoms with Crippen molar-refractivity contribution in [2.75, 3.05) is 31.4 Å². The van der Waals surface area contributed by atoms with E-state index in [2.05, 4.69) is 21.9 Å². The predicted octanol–water partition coefficient (Wildman–Crippen LogP) is 1.71. The standard InChI is InChI=1S/C12H21ClN4O2S/c1-3-7-14-8-5-10-17(2)20(18,19)16-12-11(13)6-4-9-15-12/h4,6,9,14H,3,5,7-8,10H2,1-2H3,(H,15,16). The van der Waals surface area contributed by atoms with Crippen LogP contribution in [0.3, 0.4) is 0 Å². The fraction of sp³-hybridized carbons (Fsp3) is 0.583. The summed E-state index contributed by atoms with van der Waals surface area (Å²) in [7, 11) is -2.09. The highest BCUT2D eigenvalue weighted by molar-refractivity contribution is 7.90. The SMILES string of the molecule is CCCNCCCN(C)S(=O)(=O)Nc1ncccc1Cl. The molecule has 2 N–H and O–H groups in total. The van der Waals surface area contributed by atoms with Gasteiger partial charge in [-0.25, -0.2) is 4.98 Å². The zero-order valence-electron chi connectivity index (χ0n) is 11.8. The molecule has 1 aromatic heterocycles. The van der Waals surface area contributed by atoms with Crippen molar-refractivity contribution in [1.82, 2.24) is 14.6 Å². The molecule has 0 spiro atoms. The molecule has 0 aliphatic carbocycles. The summed E-state index contributed by atoms with van der Waals surface area (Å²) in [4.78, 5) is 3.91. The van der Waals surface area contributed by atoms with Gasteiger partial charge in [-0.15, -0.1) is 0 Å². The first-order valence-corrected chi connectivity index (χ1v) is 8.34. The Kier molecular flexibility index (Phi) is 7.22. The molecule has 0 saturated carbocycles. The summed E-state index contributed by atoms with van der Waals surface area (Å²) in [5.41, 5.74) is 0. The summed E-state index contributed by atoms with van der Waals surface area (Å²) in [6, 6.07) is 3.23. The van der Waals surface area contributed by atoms with Crippen LogP contribution in [0.5, 0.6) is 0 Å². The van der Waals surface area contributed by atoms with E-state index in [-0.39, 0.29) is 10.8 Å². The van der Waals surface area contributed by atoms with Gasteiger partial charge < -0.3 is 5.32 Å². The van der Waals surface area contributed by atoms with Gasteiger partial charge in [-0.1, -0.05) is 18.5 Å². The maximum atomic E-state index is 12.1. The second-order valence-corrected chi connectivity index (χ2v) is 6.55. The lowest BCUT2D eigenvalue weighted by molar-refractivity contribution is 0.458. The Hall–Kier alpha value is -0.890. The largest absolute Gasteiger partial charge is 0.317 e. The lowest BCUT2D eigenvalue weighted by Gasteiger charge is -2.18. The van der Waals surface area contributed by atoms with Gasteiger partial charge in [0.25, 0.3) is 0 Å². The molecule has 0 aliphatic heterocycles. The van der Waals surface area contributed by atoms with E-state index in [0.29, 0.717) is 6.54 Å². The first kappa shape index (κ1) is 17.2. The number of halogens is 1. The minimum absolute atomic E-state index is 0.144. The summed E-state index contributed by atoms with van der Waals surface area (Å²) in [6.45, 7) is 4.25. The zero-order chi connectivity index (χ0) is 15.0. The molecule has 1 rings (SSSR count). The van der Waals surface area contributed by atoms with E-state index in [1.165, 1.54) is 17.5 Å². The summed E-state index contributed by atoms with van der Waals surface area (Å²) in [5.74, 6) is 0.144. The molecule has 8 heteroatoms. The van der Waals surface area contributed by atoms with Crippen LogP contribution in [0, 0.1) is 0 Å². The lowest BCUT2D eigenvalue weighted by atomic mass is 10.4. The molecule has 0 aliphatic rings. The third-order valence-corrected chi connectivity index (χ3v) is 4.41. The summed E-state index contributed by atoms with van der Waals surface area (Å²) in [5, 5.41) is 3.50. The van der Waals surface area contributed by atoms with Crippen molar-refractivity contribution in [3.63, 3.8) is 0 Å². The van der Waals surface area contributed by atoms with E-state index in [4.69, 9.17) is 11.6 Å². The third-order valence-electron chi connectivity index (χ3n) is 2.65. The Balaban J connectivity index is 2.49. The van der Waals surface area contributed by atoms with Gasteiger partial charge in [0.05, 0.1) is 5.02 Å². The maximum absolute atomic E-state index is 12.1. The van der Waals surface area contributed by atoms with Crippen LogP contribution in [0.25, 0.3) is 0 Å². The number of aromatic nitrogens is 1. The van der Waals surface area contributed by atoms with Crippen molar-refractivity contribution >= 4 is 27.6 Å². The van der Waals surface area contributed by atoms with Crippen molar-refractivity contribution < 1.29 is 8.42 Å². The van der Waals surface area contributed by atoms with Crippen molar-refractivity contribution in [2.45, 2.75) is 19.8 Å². The smallest absolute Gasteiger partial charge is 0.302 e. The highest BCUT2D eigenvalue weighted by atomic mass is 35.5. The molecule has 0 radical (unpaired) electrons. The van der Waals surface area contributed by atoms with E-state index < -0.39 is 10.2 Å². The Morgan fingerprint density at radius 3 is 2.80 bits per heavy atom. The Bertz CT molecular complexity index is 510. The van der Waals surface area contributed by atoms with Crippen LogP contribution in [-0.2, 0) is 10.2 Å². The van der Waals surface area contributed by atoms with Gasteiger partial charge in [-0.2, -0.15) is 12.7 Å². The van der Waals surface area contributed by atoms with Crippen LogP contribution in [-0.4, -0.2) is 44.4 Å². The molecule has 6 nitrogen and oxygen atoms in total. The molecule has 114 valence electrons. The second-order valence-electron chi connectivity index (χ2n) is 4.37. The molecule has 0 bridgehead atoms. The minimum Gasteiger partial charge on any atom is -0.317 e. The first-order valence-electron chi connectivity index (χ1n) is 6.52. The van der Waals surface area contributed by atoms with Crippen LogP contribution in [0.4, 0.5) is 5.82 Å². The van der Waals surface area contributed by atoms with Crippen molar-refractivity contribution in [2.24, 2.45) is 0 Å². The highest BCUT2D eigenvalue weighted by Gasteiger charge is 2.18. The molecule has 0 atom stereocenters. The Morgan fingerprint density at radius 1 is 1.40 bits per heavy atom. The first-order chi connectivity index (χ1) is 9.47. The number of anilines is 1. The van der Waals surface area contributed by atoms with E-state index in [1.807, 2.05) is 0 Å². The van der Waals surface area contributed by atoms with E-state index in [1.54, 1.807) is 12.1 Å². The summed E-state index contributed by atoms with van der Waals surface area (Å²) >= 11 is 5.88. The monoisotopic (exact) mass is 320 g/mol. The number of nitrogens with one attached hydrogen (secondary N) is 2. The van der Waals surface area contributed by atoms with E-state index in [9.17, 15) is 8.42 Å². The average molecular weight is 321 g/mol. The van der Waals surface area contributed by atoms with Crippen LogP contribution >= 0.6 is 11.6 Å². The third kappa shape index (κ3) is 5.62. The fourth-order valence-electron chi connectivity index (χ4n) is 1.51. The fourth-order valence-corrected chi connectivity index (χ4v) is 2.67. The van der Waals surface area contributed by atoms with Crippen LogP contribution in [0.2, 0.25) is 5.02 Å². The highest BCUT2D eigenvalue weighted by Crippen LogP contribution is 2.19. The number of hydrogen-bond acceptors (Lipinski definition) is 4. The lowest BCUT2D eigenvalue weighted by Crippen LogP contribution is -2.34. The topological polar surface area (TPSA) is 74.3 Å². The molecule has 0 amide bonds. The van der Waals surface area contributed by atoms with Crippen LogP contribution in [0.15, 0.2) is 18.3 Å². The number of nitrogens with zero attached hydrogens (tertiary/aromatic N) is 2. The zero-order valence-corrected chi connectivity index (χ0v) is 13.3. The Labute approximate surface area is 125 Å². The summed E-state index contributed by atoms with van der Waals surface area (Å²) < 4.78 is 27.8. The molecule has 0 fully saturated rings. The molecule has 0 saturated heterocycles. The molecule has 0 aromatic carbocycles. The van der Waals surface area contributed by atoms with E-state index >= 15 is 0 Å².